The number of nitro benzene ring substituents is 1. The number of rotatable bonds is 3. The SMILES string of the molecule is C/C(=N/Nc1ccccc1[N+](=O)[O-])C(F)(F)F. The van der Waals surface area contributed by atoms with E-state index in [9.17, 15) is 23.3 Å². The molecule has 1 aromatic carbocycles. The lowest BCUT2D eigenvalue weighted by Gasteiger charge is -2.06. The molecule has 92 valence electrons. The quantitative estimate of drug-likeness (QED) is 0.507. The zero-order valence-electron chi connectivity index (χ0n) is 8.65. The number of halogens is 3. The van der Waals surface area contributed by atoms with Gasteiger partial charge in [-0.2, -0.15) is 18.3 Å². The van der Waals surface area contributed by atoms with Gasteiger partial charge in [0.05, 0.1) is 4.92 Å². The third-order valence-electron chi connectivity index (χ3n) is 1.86. The summed E-state index contributed by atoms with van der Waals surface area (Å²) in [6.45, 7) is 0.766. The van der Waals surface area contributed by atoms with Crippen LogP contribution in [0.3, 0.4) is 0 Å². The summed E-state index contributed by atoms with van der Waals surface area (Å²) in [7, 11) is 0. The fourth-order valence-electron chi connectivity index (χ4n) is 0.935. The van der Waals surface area contributed by atoms with E-state index in [1.165, 1.54) is 24.3 Å². The van der Waals surface area contributed by atoms with Gasteiger partial charge in [-0.25, -0.2) is 0 Å². The van der Waals surface area contributed by atoms with Crippen molar-refractivity contribution in [1.29, 1.82) is 0 Å². The maximum atomic E-state index is 12.1. The fourth-order valence-corrected chi connectivity index (χ4v) is 0.935. The van der Waals surface area contributed by atoms with Crippen LogP contribution >= 0.6 is 0 Å². The summed E-state index contributed by atoms with van der Waals surface area (Å²) in [4.78, 5) is 9.85. The second-order valence-electron chi connectivity index (χ2n) is 3.08. The molecule has 0 fully saturated rings. The number of hydrazone groups is 1. The van der Waals surface area contributed by atoms with Crippen LogP contribution in [0, 0.1) is 10.1 Å². The van der Waals surface area contributed by atoms with Gasteiger partial charge in [-0.15, -0.1) is 0 Å². The summed E-state index contributed by atoms with van der Waals surface area (Å²) in [6, 6.07) is 5.30. The summed E-state index contributed by atoms with van der Waals surface area (Å²) in [5, 5.41) is 13.6. The van der Waals surface area contributed by atoms with E-state index in [0.29, 0.717) is 0 Å². The molecular weight excluding hydrogens is 239 g/mol. The van der Waals surface area contributed by atoms with Gasteiger partial charge in [-0.3, -0.25) is 15.5 Å². The fraction of sp³-hybridized carbons (Fsp3) is 0.222. The summed E-state index contributed by atoms with van der Waals surface area (Å²) in [5.74, 6) is 0. The molecule has 0 unspecified atom stereocenters. The first-order valence-corrected chi connectivity index (χ1v) is 4.43. The lowest BCUT2D eigenvalue weighted by atomic mass is 10.3. The van der Waals surface area contributed by atoms with Crippen molar-refractivity contribution < 1.29 is 18.1 Å². The van der Waals surface area contributed by atoms with Gasteiger partial charge in [-0.05, 0) is 13.0 Å². The Kier molecular flexibility index (Phi) is 3.66. The third-order valence-corrected chi connectivity index (χ3v) is 1.86. The molecule has 0 spiro atoms. The summed E-state index contributed by atoms with van der Waals surface area (Å²) < 4.78 is 36.3. The number of para-hydroxylation sites is 2. The lowest BCUT2D eigenvalue weighted by Crippen LogP contribution is -2.20. The second-order valence-corrected chi connectivity index (χ2v) is 3.08. The highest BCUT2D eigenvalue weighted by atomic mass is 19.4. The minimum Gasteiger partial charge on any atom is -0.271 e. The molecule has 0 aliphatic carbocycles. The van der Waals surface area contributed by atoms with E-state index in [1.54, 1.807) is 0 Å². The molecule has 0 aliphatic rings. The average molecular weight is 247 g/mol. The number of hydrogen-bond acceptors (Lipinski definition) is 4. The standard InChI is InChI=1S/C9H8F3N3O2/c1-6(9(10,11)12)13-14-7-4-2-3-5-8(7)15(16)17/h2-5,14H,1H3/b13-6-. The van der Waals surface area contributed by atoms with Crippen molar-refractivity contribution in [3.05, 3.63) is 34.4 Å². The molecule has 1 rings (SSSR count). The molecule has 8 heteroatoms. The van der Waals surface area contributed by atoms with E-state index in [0.717, 1.165) is 6.92 Å². The number of nitrogens with one attached hydrogen (secondary N) is 1. The van der Waals surface area contributed by atoms with E-state index in [1.807, 2.05) is 5.43 Å². The van der Waals surface area contributed by atoms with E-state index in [-0.39, 0.29) is 11.4 Å². The van der Waals surface area contributed by atoms with Crippen molar-refractivity contribution in [3.63, 3.8) is 0 Å². The minimum absolute atomic E-state index is 0.0962. The average Bonchev–Trinajstić information content (AvgIpc) is 2.24. The van der Waals surface area contributed by atoms with Crippen molar-refractivity contribution in [2.24, 2.45) is 5.10 Å². The van der Waals surface area contributed by atoms with Crippen LogP contribution < -0.4 is 5.43 Å². The monoisotopic (exact) mass is 247 g/mol. The van der Waals surface area contributed by atoms with Crippen LogP contribution in [0.1, 0.15) is 6.92 Å². The van der Waals surface area contributed by atoms with Crippen LogP contribution in [-0.2, 0) is 0 Å². The van der Waals surface area contributed by atoms with Crippen molar-refractivity contribution in [2.75, 3.05) is 5.43 Å². The summed E-state index contributed by atoms with van der Waals surface area (Å²) in [6.07, 6.45) is -4.56. The molecule has 0 atom stereocenters. The Hall–Kier alpha value is -2.12. The van der Waals surface area contributed by atoms with Crippen LogP contribution in [0.25, 0.3) is 0 Å². The van der Waals surface area contributed by atoms with Gasteiger partial charge in [0, 0.05) is 6.07 Å². The highest BCUT2D eigenvalue weighted by Crippen LogP contribution is 2.24. The first-order chi connectivity index (χ1) is 7.82. The molecule has 0 bridgehead atoms. The largest absolute Gasteiger partial charge is 0.430 e. The van der Waals surface area contributed by atoms with Crippen LogP contribution in [-0.4, -0.2) is 16.8 Å². The summed E-state index contributed by atoms with van der Waals surface area (Å²) >= 11 is 0. The maximum Gasteiger partial charge on any atom is 0.430 e. The normalized spacial score (nSPS) is 12.4. The predicted molar refractivity (Wildman–Crippen MR) is 55.9 cm³/mol. The van der Waals surface area contributed by atoms with Crippen LogP contribution in [0.2, 0.25) is 0 Å². The molecule has 1 N–H and O–H groups in total. The van der Waals surface area contributed by atoms with Crippen molar-refractivity contribution >= 4 is 17.1 Å². The number of alkyl halides is 3. The van der Waals surface area contributed by atoms with Gasteiger partial charge >= 0.3 is 6.18 Å². The molecule has 17 heavy (non-hydrogen) atoms. The van der Waals surface area contributed by atoms with Gasteiger partial charge in [0.2, 0.25) is 0 Å². The minimum atomic E-state index is -4.56. The molecule has 0 aliphatic heterocycles. The highest BCUT2D eigenvalue weighted by molar-refractivity contribution is 5.88. The van der Waals surface area contributed by atoms with Gasteiger partial charge in [-0.1, -0.05) is 12.1 Å². The number of hydrogen-bond donors (Lipinski definition) is 1. The first kappa shape index (κ1) is 12.9. The number of nitrogens with zero attached hydrogens (tertiary/aromatic N) is 2. The Bertz CT molecular complexity index is 457. The van der Waals surface area contributed by atoms with Crippen LogP contribution in [0.15, 0.2) is 29.4 Å². The van der Waals surface area contributed by atoms with Crippen LogP contribution in [0.4, 0.5) is 24.5 Å². The molecule has 0 saturated heterocycles. The molecular formula is C9H8F3N3O2. The van der Waals surface area contributed by atoms with Crippen molar-refractivity contribution in [1.82, 2.24) is 0 Å². The highest BCUT2D eigenvalue weighted by Gasteiger charge is 2.32. The molecule has 0 heterocycles. The topological polar surface area (TPSA) is 67.5 Å². The molecule has 0 aromatic heterocycles. The zero-order chi connectivity index (χ0) is 13.1. The number of anilines is 1. The van der Waals surface area contributed by atoms with Crippen molar-refractivity contribution in [3.8, 4) is 0 Å². The number of nitro groups is 1. The number of benzene rings is 1. The Labute approximate surface area is 94.1 Å². The Morgan fingerprint density at radius 1 is 1.41 bits per heavy atom. The lowest BCUT2D eigenvalue weighted by molar-refractivity contribution is -0.384. The van der Waals surface area contributed by atoms with E-state index < -0.39 is 16.8 Å². The van der Waals surface area contributed by atoms with Gasteiger partial charge in [0.15, 0.2) is 0 Å². The zero-order valence-corrected chi connectivity index (χ0v) is 8.65. The predicted octanol–water partition coefficient (Wildman–Crippen LogP) is 2.94. The molecule has 0 amide bonds. The third kappa shape index (κ3) is 3.44. The Morgan fingerprint density at radius 3 is 2.53 bits per heavy atom. The van der Waals surface area contributed by atoms with Gasteiger partial charge in [0.25, 0.3) is 5.69 Å². The summed E-state index contributed by atoms with van der Waals surface area (Å²) in [5.41, 5.74) is 0.474. The van der Waals surface area contributed by atoms with E-state index >= 15 is 0 Å². The maximum absolute atomic E-state index is 12.1. The smallest absolute Gasteiger partial charge is 0.271 e. The van der Waals surface area contributed by atoms with Crippen LogP contribution in [0.5, 0.6) is 0 Å². The molecule has 0 radical (unpaired) electrons. The van der Waals surface area contributed by atoms with E-state index in [2.05, 4.69) is 5.10 Å². The van der Waals surface area contributed by atoms with Gasteiger partial charge < -0.3 is 0 Å². The Morgan fingerprint density at radius 2 is 2.00 bits per heavy atom. The first-order valence-electron chi connectivity index (χ1n) is 4.43. The van der Waals surface area contributed by atoms with Gasteiger partial charge in [0.1, 0.15) is 11.4 Å². The van der Waals surface area contributed by atoms with Crippen molar-refractivity contribution in [2.45, 2.75) is 13.1 Å². The van der Waals surface area contributed by atoms with E-state index in [4.69, 9.17) is 0 Å². The Balaban J connectivity index is 2.94. The second kappa shape index (κ2) is 4.81. The molecule has 5 nitrogen and oxygen atoms in total. The molecule has 1 aromatic rings. The molecule has 0 saturated carbocycles.